The molecule has 0 aromatic carbocycles. The molecule has 0 unspecified atom stereocenters. The summed E-state index contributed by atoms with van der Waals surface area (Å²) in [5.41, 5.74) is 0. The molecule has 0 aliphatic carbocycles. The van der Waals surface area contributed by atoms with Crippen molar-refractivity contribution in [2.45, 2.75) is 0 Å². The molecule has 0 heterocycles. The Bertz CT molecular complexity index is 9.52. The molecule has 0 saturated heterocycles. The van der Waals surface area contributed by atoms with Crippen LogP contribution in [0.5, 0.6) is 0 Å². The van der Waals surface area contributed by atoms with Crippen LogP contribution in [0.25, 0.3) is 0 Å². The van der Waals surface area contributed by atoms with Crippen LogP contribution in [0.1, 0.15) is 0 Å². The molecule has 0 aromatic rings. The molecule has 0 aliphatic rings. The summed E-state index contributed by atoms with van der Waals surface area (Å²) in [6, 6.07) is 0. The Morgan fingerprint density at radius 1 is 0.273 bits per heavy atom. The van der Waals surface area contributed by atoms with Crippen molar-refractivity contribution >= 4 is 8.41 Å². The van der Waals surface area contributed by atoms with E-state index in [2.05, 4.69) is 0 Å². The number of rotatable bonds is 0. The van der Waals surface area contributed by atoms with Gasteiger partial charge >= 0.3 is 0 Å². The minimum absolute atomic E-state index is 0. The Morgan fingerprint density at radius 3 is 0.273 bits per heavy atom. The van der Waals surface area contributed by atoms with E-state index in [1.807, 2.05) is 0 Å². The van der Waals surface area contributed by atoms with Crippen molar-refractivity contribution in [1.29, 1.82) is 0 Å². The second-order valence-electron chi connectivity index (χ2n) is 0. The Kier molecular flexibility index (Phi) is 378000000. The molecule has 3 radical (unpaired) electrons. The molecule has 0 nitrogen and oxygen atoms in total. The summed E-state index contributed by atoms with van der Waals surface area (Å²) in [6.07, 6.45) is 0. The summed E-state index contributed by atoms with van der Waals surface area (Å²) in [5.74, 6) is 0. The predicted octanol–water partition coefficient (Wildman–Crippen LogP) is 0.989. The van der Waals surface area contributed by atoms with Gasteiger partial charge in [-0.3, -0.25) is 42.3 Å². The topological polar surface area (TPSA) is 0 Å². The van der Waals surface area contributed by atoms with Gasteiger partial charge < -0.3 is 0 Å². The number of hydrogen-bond donors (Lipinski definition) is 0. The van der Waals surface area contributed by atoms with Crippen LogP contribution in [-0.4, -0.2) is 8.41 Å². The first-order valence-electron chi connectivity index (χ1n) is 0. The van der Waals surface area contributed by atoms with Crippen molar-refractivity contribution in [1.82, 2.24) is 0 Å². The van der Waals surface area contributed by atoms with Gasteiger partial charge in [0.1, 0.15) is 0 Å². The van der Waals surface area contributed by atoms with Gasteiger partial charge in [-0.05, 0) is 0 Å². The van der Waals surface area contributed by atoms with E-state index >= 15 is 0 Å². The van der Waals surface area contributed by atoms with E-state index in [4.69, 9.17) is 0 Å². The molecule has 0 aromatic heterocycles. The van der Waals surface area contributed by atoms with Crippen molar-refractivity contribution in [3.05, 3.63) is 0 Å². The Labute approximate surface area is 72.6 Å². The van der Waals surface area contributed by atoms with E-state index in [0.717, 1.165) is 0 Å². The Morgan fingerprint density at radius 2 is 0.273 bits per heavy atom. The van der Waals surface area contributed by atoms with Gasteiger partial charge in [0.25, 0.3) is 0 Å². The van der Waals surface area contributed by atoms with Gasteiger partial charge in [-0.15, -0.1) is 0 Å². The maximum Gasteiger partial charge on any atom is 0 e. The maximum atomic E-state index is 0. The van der Waals surface area contributed by atoms with E-state index in [1.54, 1.807) is 0 Å². The fourth-order valence-electron chi connectivity index (χ4n) is 0. The molecule has 11 heavy (non-hydrogen) atoms. The zero-order valence-corrected chi connectivity index (χ0v) is 7.59. The van der Waals surface area contributed by atoms with E-state index in [9.17, 15) is 0 Å². The second-order valence-corrected chi connectivity index (χ2v) is 0. The molecular formula is H9BF9W. The summed E-state index contributed by atoms with van der Waals surface area (Å²) in [4.78, 5) is 0. The monoisotopic (exact) mass is 375 g/mol. The number of halogens is 9. The van der Waals surface area contributed by atoms with Gasteiger partial charge in [0.15, 0.2) is 0 Å². The Hall–Kier alpha value is 0.123. The van der Waals surface area contributed by atoms with Gasteiger partial charge in [-0.1, -0.05) is 0 Å². The first kappa shape index (κ1) is 75000. The molecule has 81 valence electrons. The van der Waals surface area contributed by atoms with Crippen molar-refractivity contribution in [3.8, 4) is 0 Å². The van der Waals surface area contributed by atoms with Crippen LogP contribution in [0.2, 0.25) is 0 Å². The van der Waals surface area contributed by atoms with Crippen LogP contribution >= 0.6 is 0 Å². The normalized spacial score (nSPS) is 0. The van der Waals surface area contributed by atoms with Crippen LogP contribution < -0.4 is 0 Å². The summed E-state index contributed by atoms with van der Waals surface area (Å²) in [6.45, 7) is 0. The van der Waals surface area contributed by atoms with Gasteiger partial charge in [0, 0.05) is 29.5 Å². The summed E-state index contributed by atoms with van der Waals surface area (Å²) in [7, 11) is 0. The quantitative estimate of drug-likeness (QED) is 0.438. The molecule has 0 N–H and O–H groups in total. The zero-order valence-electron chi connectivity index (χ0n) is 4.66. The van der Waals surface area contributed by atoms with E-state index < -0.39 is 0 Å². The summed E-state index contributed by atoms with van der Waals surface area (Å²) < 4.78 is 0. The summed E-state index contributed by atoms with van der Waals surface area (Å²) in [5, 5.41) is 0. The smallest absolute Gasteiger partial charge is 0 e. The molecule has 0 atom stereocenters. The second kappa shape index (κ2) is 55500. The van der Waals surface area contributed by atoms with Crippen LogP contribution in [0.3, 0.4) is 0 Å². The van der Waals surface area contributed by atoms with Crippen molar-refractivity contribution in [2.24, 2.45) is 0 Å². The van der Waals surface area contributed by atoms with Crippen molar-refractivity contribution in [3.63, 3.8) is 0 Å². The fraction of sp³-hybridized carbons (Fsp3) is 0. The van der Waals surface area contributed by atoms with Gasteiger partial charge in [0.05, 0.1) is 0 Å². The molecular weight excluding hydrogens is 366 g/mol. The van der Waals surface area contributed by atoms with Gasteiger partial charge in [0.2, 0.25) is 0 Å². The average molecular weight is 375 g/mol. The Balaban J connectivity index is 0. The molecule has 0 spiro atoms. The van der Waals surface area contributed by atoms with Crippen LogP contribution in [-0.2, 0) is 21.1 Å². The maximum absolute atomic E-state index is 0. The molecule has 0 fully saturated rings. The fourth-order valence-corrected chi connectivity index (χ4v) is 0. The van der Waals surface area contributed by atoms with E-state index in [-0.39, 0.29) is 71.8 Å². The molecule has 0 rings (SSSR count). The van der Waals surface area contributed by atoms with Gasteiger partial charge in [-0.2, -0.15) is 0 Å². The number of hydrogen-bond acceptors (Lipinski definition) is 0. The zero-order chi connectivity index (χ0) is 0. The van der Waals surface area contributed by atoms with Crippen LogP contribution in [0, 0.1) is 0 Å². The SMILES string of the molecule is F.F.F.F.F.F.F.F.F.[B].[W]. The van der Waals surface area contributed by atoms with Crippen LogP contribution in [0.4, 0.5) is 42.3 Å². The summed E-state index contributed by atoms with van der Waals surface area (Å²) >= 11 is 0. The largest absolute Gasteiger partial charge is 0.269 e. The standard InChI is InChI=1S/B.9FH.W/h;9*1H;. The third kappa shape index (κ3) is 44000. The van der Waals surface area contributed by atoms with Crippen molar-refractivity contribution in [2.75, 3.05) is 0 Å². The minimum Gasteiger partial charge on any atom is -0.269 e. The first-order valence-corrected chi connectivity index (χ1v) is 0. The molecule has 0 saturated carbocycles. The van der Waals surface area contributed by atoms with Gasteiger partial charge in [-0.25, -0.2) is 0 Å². The van der Waals surface area contributed by atoms with E-state index in [1.165, 1.54) is 0 Å². The molecule has 0 bridgehead atoms. The third-order valence-electron chi connectivity index (χ3n) is 0. The first-order chi connectivity index (χ1) is 0. The third-order valence-corrected chi connectivity index (χ3v) is 0. The predicted molar refractivity (Wildman–Crippen MR) is 28.3 cm³/mol. The van der Waals surface area contributed by atoms with E-state index in [0.29, 0.717) is 0 Å². The average Bonchev–Trinajstić information content (AvgIpc) is 0. The molecule has 11 heteroatoms. The molecule has 0 amide bonds. The molecule has 0 aliphatic heterocycles. The minimum atomic E-state index is 0. The van der Waals surface area contributed by atoms with Crippen LogP contribution in [0.15, 0.2) is 0 Å². The van der Waals surface area contributed by atoms with Crippen molar-refractivity contribution < 1.29 is 63.4 Å².